The number of carbonyl (C=O) groups excluding carboxylic acids is 2. The summed E-state index contributed by atoms with van der Waals surface area (Å²) in [4.78, 5) is 30.6. The van der Waals surface area contributed by atoms with Crippen LogP contribution in [-0.4, -0.2) is 65.1 Å². The van der Waals surface area contributed by atoms with Gasteiger partial charge in [0.1, 0.15) is 18.2 Å². The van der Waals surface area contributed by atoms with Crippen LogP contribution in [0.1, 0.15) is 54.0 Å². The molecule has 1 fully saturated rings. The van der Waals surface area contributed by atoms with Crippen LogP contribution in [-0.2, 0) is 19.7 Å². The van der Waals surface area contributed by atoms with Gasteiger partial charge in [-0.15, -0.1) is 11.8 Å². The number of hydrogen-bond acceptors (Lipinski definition) is 5. The van der Waals surface area contributed by atoms with E-state index in [1.54, 1.807) is 26.6 Å². The fourth-order valence-electron chi connectivity index (χ4n) is 5.27. The minimum absolute atomic E-state index is 0.112. The van der Waals surface area contributed by atoms with Gasteiger partial charge in [0.15, 0.2) is 0 Å². The number of rotatable bonds is 4. The molecule has 2 aliphatic rings. The Morgan fingerprint density at radius 3 is 2.51 bits per heavy atom. The van der Waals surface area contributed by atoms with Crippen LogP contribution in [0.5, 0.6) is 0 Å². The maximum atomic E-state index is 15.3. The van der Waals surface area contributed by atoms with Gasteiger partial charge >= 0.3 is 0 Å². The Morgan fingerprint density at radius 2 is 1.85 bits per heavy atom. The average molecular weight is 551 g/mol. The molecule has 1 aromatic heterocycles. The number of fused-ring (bicyclic) bond motifs is 1. The molecule has 3 aromatic rings. The highest BCUT2D eigenvalue weighted by atomic mass is 32.2. The van der Waals surface area contributed by atoms with Crippen molar-refractivity contribution in [1.82, 2.24) is 14.7 Å². The molecule has 0 unspecified atom stereocenters. The standard InChI is InChI=1S/C30H35FN4O3S/c1-19-10-11-23(20(2)16-19)35-29-26(28(32-35)30(3,4)5)27(21-8-6-7-9-22(21)31)39-18-25(37)34(29)17-24(36)33-12-14-38-15-13-33/h6-11,16,27H,12-15,17-18H2,1-5H3/t27-/m0/s1. The number of anilines is 1. The van der Waals surface area contributed by atoms with Crippen molar-refractivity contribution < 1.29 is 18.7 Å². The van der Waals surface area contributed by atoms with E-state index in [1.807, 2.05) is 32.0 Å². The molecule has 0 bridgehead atoms. The fraction of sp³-hybridized carbons (Fsp3) is 0.433. The molecule has 2 amide bonds. The molecule has 0 N–H and O–H groups in total. The van der Waals surface area contributed by atoms with Gasteiger partial charge in [-0.3, -0.25) is 14.5 Å². The Kier molecular flexibility index (Phi) is 7.57. The zero-order valence-corrected chi connectivity index (χ0v) is 24.0. The summed E-state index contributed by atoms with van der Waals surface area (Å²) in [6.45, 7) is 12.1. The van der Waals surface area contributed by atoms with Crippen molar-refractivity contribution in [3.05, 3.63) is 76.2 Å². The van der Waals surface area contributed by atoms with Crippen LogP contribution in [0.15, 0.2) is 42.5 Å². The molecular formula is C30H35FN4O3S. The number of ether oxygens (including phenoxy) is 1. The van der Waals surface area contributed by atoms with Crippen LogP contribution in [0.2, 0.25) is 0 Å². The smallest absolute Gasteiger partial charge is 0.242 e. The predicted octanol–water partition coefficient (Wildman–Crippen LogP) is 4.95. The molecule has 2 aromatic carbocycles. The minimum atomic E-state index is -0.470. The summed E-state index contributed by atoms with van der Waals surface area (Å²) < 4.78 is 22.5. The molecule has 39 heavy (non-hydrogen) atoms. The second-order valence-electron chi connectivity index (χ2n) is 11.2. The molecular weight excluding hydrogens is 515 g/mol. The number of aryl methyl sites for hydroxylation is 2. The maximum absolute atomic E-state index is 15.3. The van der Waals surface area contributed by atoms with Crippen molar-refractivity contribution in [3.8, 4) is 5.69 Å². The third kappa shape index (κ3) is 5.34. The summed E-state index contributed by atoms with van der Waals surface area (Å²) >= 11 is 1.38. The molecule has 0 aliphatic carbocycles. The van der Waals surface area contributed by atoms with E-state index in [1.165, 1.54) is 17.8 Å². The lowest BCUT2D eigenvalue weighted by Gasteiger charge is -2.30. The van der Waals surface area contributed by atoms with Crippen molar-refractivity contribution in [2.75, 3.05) is 43.5 Å². The van der Waals surface area contributed by atoms with Gasteiger partial charge in [0.2, 0.25) is 11.8 Å². The van der Waals surface area contributed by atoms with Crippen molar-refractivity contribution >= 4 is 29.4 Å². The second-order valence-corrected chi connectivity index (χ2v) is 12.3. The Labute approximate surface area is 233 Å². The van der Waals surface area contributed by atoms with E-state index in [-0.39, 0.29) is 29.9 Å². The predicted molar refractivity (Wildman–Crippen MR) is 152 cm³/mol. The van der Waals surface area contributed by atoms with Gasteiger partial charge in [0.05, 0.1) is 35.6 Å². The Balaban J connectivity index is 1.76. The first-order chi connectivity index (χ1) is 18.6. The van der Waals surface area contributed by atoms with Crippen molar-refractivity contribution in [2.45, 2.75) is 45.3 Å². The largest absolute Gasteiger partial charge is 0.378 e. The van der Waals surface area contributed by atoms with Crippen molar-refractivity contribution in [3.63, 3.8) is 0 Å². The highest BCUT2D eigenvalue weighted by Crippen LogP contribution is 2.49. The number of halogens is 1. The Hall–Kier alpha value is -3.17. The third-order valence-corrected chi connectivity index (χ3v) is 8.46. The van der Waals surface area contributed by atoms with E-state index in [4.69, 9.17) is 9.84 Å². The van der Waals surface area contributed by atoms with E-state index in [0.29, 0.717) is 37.7 Å². The van der Waals surface area contributed by atoms with Gasteiger partial charge in [0, 0.05) is 29.6 Å². The summed E-state index contributed by atoms with van der Waals surface area (Å²) in [5.74, 6) is -0.0200. The van der Waals surface area contributed by atoms with Crippen LogP contribution in [0.25, 0.3) is 5.69 Å². The number of hydrogen-bond donors (Lipinski definition) is 0. The van der Waals surface area contributed by atoms with Crippen LogP contribution < -0.4 is 4.90 Å². The Morgan fingerprint density at radius 1 is 1.13 bits per heavy atom. The average Bonchev–Trinajstić information content (AvgIpc) is 3.23. The monoisotopic (exact) mass is 550 g/mol. The van der Waals surface area contributed by atoms with Crippen LogP contribution >= 0.6 is 11.8 Å². The number of morpholine rings is 1. The third-order valence-electron chi connectivity index (χ3n) is 7.22. The fourth-order valence-corrected chi connectivity index (χ4v) is 6.48. The Bertz CT molecular complexity index is 1410. The molecule has 2 aliphatic heterocycles. The highest BCUT2D eigenvalue weighted by Gasteiger charge is 2.41. The van der Waals surface area contributed by atoms with Crippen molar-refractivity contribution in [1.29, 1.82) is 0 Å². The van der Waals surface area contributed by atoms with Gasteiger partial charge in [-0.25, -0.2) is 9.07 Å². The molecule has 9 heteroatoms. The van der Waals surface area contributed by atoms with Crippen LogP contribution in [0, 0.1) is 19.7 Å². The van der Waals surface area contributed by atoms with Gasteiger partial charge in [0.25, 0.3) is 0 Å². The topological polar surface area (TPSA) is 67.7 Å². The number of amides is 2. The number of nitrogens with zero attached hydrogens (tertiary/aromatic N) is 4. The number of aromatic nitrogens is 2. The first kappa shape index (κ1) is 27.4. The van der Waals surface area contributed by atoms with Crippen LogP contribution in [0.3, 0.4) is 0 Å². The molecule has 1 saturated heterocycles. The molecule has 0 radical (unpaired) electrons. The molecule has 0 saturated carbocycles. The number of benzene rings is 2. The van der Waals surface area contributed by atoms with Gasteiger partial charge in [-0.05, 0) is 31.5 Å². The molecule has 1 atom stereocenters. The summed E-state index contributed by atoms with van der Waals surface area (Å²) in [5, 5.41) is 4.65. The van der Waals surface area contributed by atoms with Gasteiger partial charge in [-0.2, -0.15) is 5.10 Å². The zero-order chi connectivity index (χ0) is 27.9. The van der Waals surface area contributed by atoms with Gasteiger partial charge in [-0.1, -0.05) is 56.7 Å². The van der Waals surface area contributed by atoms with E-state index >= 15 is 4.39 Å². The zero-order valence-electron chi connectivity index (χ0n) is 23.2. The maximum Gasteiger partial charge on any atom is 0.242 e. The normalized spacial score (nSPS) is 18.2. The summed E-state index contributed by atoms with van der Waals surface area (Å²) in [7, 11) is 0. The highest BCUT2D eigenvalue weighted by molar-refractivity contribution is 8.00. The van der Waals surface area contributed by atoms with E-state index in [9.17, 15) is 9.59 Å². The van der Waals surface area contributed by atoms with Crippen LogP contribution in [0.4, 0.5) is 10.2 Å². The molecule has 0 spiro atoms. The molecule has 206 valence electrons. The van der Waals surface area contributed by atoms with E-state index < -0.39 is 10.7 Å². The number of carbonyl (C=O) groups is 2. The quantitative estimate of drug-likeness (QED) is 0.460. The first-order valence-corrected chi connectivity index (χ1v) is 14.3. The SMILES string of the molecule is Cc1ccc(-n2nc(C(C)(C)C)c3c2N(CC(=O)N2CCOCC2)C(=O)CS[C@H]3c2ccccc2F)c(C)c1. The lowest BCUT2D eigenvalue weighted by atomic mass is 9.87. The summed E-state index contributed by atoms with van der Waals surface area (Å²) in [5.41, 5.74) is 4.57. The molecule has 3 heterocycles. The number of thioether (sulfide) groups is 1. The van der Waals surface area contributed by atoms with Gasteiger partial charge < -0.3 is 9.64 Å². The lowest BCUT2D eigenvalue weighted by molar-refractivity contribution is -0.134. The first-order valence-electron chi connectivity index (χ1n) is 13.3. The minimum Gasteiger partial charge on any atom is -0.378 e. The second kappa shape index (κ2) is 10.8. The lowest BCUT2D eigenvalue weighted by Crippen LogP contribution is -2.48. The van der Waals surface area contributed by atoms with Crippen molar-refractivity contribution in [2.24, 2.45) is 0 Å². The molecule has 7 nitrogen and oxygen atoms in total. The molecule has 5 rings (SSSR count). The van der Waals surface area contributed by atoms with E-state index in [0.717, 1.165) is 28.1 Å². The summed E-state index contributed by atoms with van der Waals surface area (Å²) in [6.07, 6.45) is 0. The van der Waals surface area contributed by atoms with E-state index in [2.05, 4.69) is 26.8 Å². The summed E-state index contributed by atoms with van der Waals surface area (Å²) in [6, 6.07) is 12.8.